The summed E-state index contributed by atoms with van der Waals surface area (Å²) in [5.41, 5.74) is 2.95. The van der Waals surface area contributed by atoms with Crippen molar-refractivity contribution in [2.24, 2.45) is 0 Å². The first-order chi connectivity index (χ1) is 16.1. The molecule has 1 aliphatic heterocycles. The van der Waals surface area contributed by atoms with Crippen LogP contribution in [0.3, 0.4) is 0 Å². The highest BCUT2D eigenvalue weighted by Crippen LogP contribution is 2.41. The molecule has 1 atom stereocenters. The predicted molar refractivity (Wildman–Crippen MR) is 120 cm³/mol. The third kappa shape index (κ3) is 3.81. The molecule has 1 aromatic carbocycles. The molecule has 6 nitrogen and oxygen atoms in total. The molecule has 3 aromatic rings. The van der Waals surface area contributed by atoms with E-state index in [9.17, 15) is 18.4 Å². The normalized spacial score (nSPS) is 18.1. The molecule has 2 aliphatic rings. The van der Waals surface area contributed by atoms with Gasteiger partial charge in [0.25, 0.3) is 5.92 Å². The zero-order valence-electron chi connectivity index (χ0n) is 18.5. The Balaban J connectivity index is 1.48. The van der Waals surface area contributed by atoms with Crippen LogP contribution >= 0.6 is 0 Å². The number of hydrogen-bond acceptors (Lipinski definition) is 4. The number of hydrogen-bond donors (Lipinski definition) is 1. The molecule has 1 aliphatic carbocycles. The van der Waals surface area contributed by atoms with Crippen LogP contribution in [-0.4, -0.2) is 34.2 Å². The number of carbonyl (C=O) groups excluding carboxylic acids is 2. The number of halogens is 3. The zero-order valence-corrected chi connectivity index (χ0v) is 18.5. The topological polar surface area (TPSA) is 75.2 Å². The molecular weight excluding hydrogens is 445 g/mol. The lowest BCUT2D eigenvalue weighted by molar-refractivity contribution is -0.122. The maximum absolute atomic E-state index is 15.1. The van der Waals surface area contributed by atoms with Crippen LogP contribution < -0.4 is 10.2 Å². The van der Waals surface area contributed by atoms with E-state index < -0.39 is 29.6 Å². The molecule has 34 heavy (non-hydrogen) atoms. The quantitative estimate of drug-likeness (QED) is 0.580. The van der Waals surface area contributed by atoms with Crippen molar-refractivity contribution in [2.75, 3.05) is 16.8 Å². The number of alkyl halides is 2. The fourth-order valence-corrected chi connectivity index (χ4v) is 4.69. The van der Waals surface area contributed by atoms with Crippen LogP contribution in [0.25, 0.3) is 11.1 Å². The number of carbonyl (C=O) groups is 2. The lowest BCUT2D eigenvalue weighted by Gasteiger charge is -2.24. The highest BCUT2D eigenvalue weighted by Gasteiger charge is 2.38. The van der Waals surface area contributed by atoms with Gasteiger partial charge in [-0.25, -0.2) is 13.8 Å². The summed E-state index contributed by atoms with van der Waals surface area (Å²) in [5.74, 6) is -5.21. The summed E-state index contributed by atoms with van der Waals surface area (Å²) in [7, 11) is 0. The van der Waals surface area contributed by atoms with E-state index in [-0.39, 0.29) is 30.6 Å². The second-order valence-corrected chi connectivity index (χ2v) is 8.77. The van der Waals surface area contributed by atoms with Gasteiger partial charge in [-0.2, -0.15) is 4.39 Å². The van der Waals surface area contributed by atoms with Crippen molar-refractivity contribution in [3.63, 3.8) is 0 Å². The van der Waals surface area contributed by atoms with Crippen molar-refractivity contribution >= 4 is 23.2 Å². The number of amides is 2. The lowest BCUT2D eigenvalue weighted by atomic mass is 9.98. The van der Waals surface area contributed by atoms with Crippen LogP contribution in [0.2, 0.25) is 0 Å². The lowest BCUT2D eigenvalue weighted by Crippen LogP contribution is -2.40. The van der Waals surface area contributed by atoms with Gasteiger partial charge in [-0.1, -0.05) is 12.1 Å². The molecule has 0 bridgehead atoms. The van der Waals surface area contributed by atoms with Gasteiger partial charge in [-0.05, 0) is 49.2 Å². The molecular formula is C25H21F3N4O2. The number of benzene rings is 1. The van der Waals surface area contributed by atoms with Gasteiger partial charge in [0, 0.05) is 36.0 Å². The van der Waals surface area contributed by atoms with E-state index in [4.69, 9.17) is 0 Å². The molecule has 5 rings (SSSR count). The molecule has 0 unspecified atom stereocenters. The third-order valence-electron chi connectivity index (χ3n) is 6.22. The van der Waals surface area contributed by atoms with Crippen LogP contribution in [0.5, 0.6) is 0 Å². The van der Waals surface area contributed by atoms with Crippen LogP contribution in [0.4, 0.5) is 24.5 Å². The first kappa shape index (κ1) is 22.1. The van der Waals surface area contributed by atoms with Crippen molar-refractivity contribution in [3.8, 4) is 11.1 Å². The van der Waals surface area contributed by atoms with E-state index in [0.717, 1.165) is 0 Å². The Bertz CT molecular complexity index is 1340. The maximum Gasteiger partial charge on any atom is 0.256 e. The van der Waals surface area contributed by atoms with Gasteiger partial charge in [0.05, 0.1) is 22.9 Å². The number of rotatable bonds is 3. The van der Waals surface area contributed by atoms with E-state index in [0.29, 0.717) is 33.8 Å². The number of nitrogens with one attached hydrogen (secondary N) is 1. The Hall–Kier alpha value is -3.75. The molecule has 0 radical (unpaired) electrons. The first-order valence-corrected chi connectivity index (χ1v) is 10.9. The van der Waals surface area contributed by atoms with E-state index in [1.54, 1.807) is 44.2 Å². The molecule has 3 heterocycles. The molecule has 2 amide bonds. The molecule has 0 fully saturated rings. The zero-order chi connectivity index (χ0) is 24.2. The Labute approximate surface area is 193 Å². The van der Waals surface area contributed by atoms with Gasteiger partial charge < -0.3 is 10.2 Å². The number of nitrogens with zero attached hydrogens (tertiary/aromatic N) is 3. The smallest absolute Gasteiger partial charge is 0.256 e. The van der Waals surface area contributed by atoms with E-state index >= 15 is 4.39 Å². The molecule has 0 saturated heterocycles. The fraction of sp³-hybridized carbons (Fsp3) is 0.280. The third-order valence-corrected chi connectivity index (χ3v) is 6.22. The summed E-state index contributed by atoms with van der Waals surface area (Å²) in [6.07, 6.45) is 0.834. The highest BCUT2D eigenvalue weighted by molar-refractivity contribution is 6.09. The van der Waals surface area contributed by atoms with Gasteiger partial charge in [0.15, 0.2) is 0 Å². The summed E-state index contributed by atoms with van der Waals surface area (Å²) in [6, 6.07) is 9.56. The average molecular weight is 466 g/mol. The van der Waals surface area contributed by atoms with Gasteiger partial charge in [0.2, 0.25) is 17.8 Å². The van der Waals surface area contributed by atoms with Crippen LogP contribution in [0, 0.1) is 12.9 Å². The highest BCUT2D eigenvalue weighted by atomic mass is 19.3. The predicted octanol–water partition coefficient (Wildman–Crippen LogP) is 4.41. The number of pyridine rings is 2. The van der Waals surface area contributed by atoms with E-state index in [1.165, 1.54) is 17.2 Å². The molecule has 2 aromatic heterocycles. The van der Waals surface area contributed by atoms with Crippen molar-refractivity contribution in [1.29, 1.82) is 0 Å². The second kappa shape index (κ2) is 7.93. The largest absolute Gasteiger partial charge is 0.325 e. The number of aryl methyl sites for hydroxylation is 1. The molecule has 9 heteroatoms. The van der Waals surface area contributed by atoms with Crippen molar-refractivity contribution < 1.29 is 22.8 Å². The standard InChI is InChI=1S/C25H21F3N4O2/c1-13-8-19-21(23(26)30-13)18-4-3-7-29-22(18)14(2)24(34)32(19)12-20(33)31-17-6-5-15-10-25(27,28)11-16(15)9-17/h3-9,14H,10-12H2,1-2H3,(H,31,33)/t14-/m1/s1. The van der Waals surface area contributed by atoms with Crippen molar-refractivity contribution in [3.05, 3.63) is 71.1 Å². The first-order valence-electron chi connectivity index (χ1n) is 10.9. The second-order valence-electron chi connectivity index (χ2n) is 8.77. The number of fused-ring (bicyclic) bond motifs is 4. The van der Waals surface area contributed by atoms with Gasteiger partial charge in [0.1, 0.15) is 6.54 Å². The van der Waals surface area contributed by atoms with Crippen molar-refractivity contribution in [1.82, 2.24) is 9.97 Å². The van der Waals surface area contributed by atoms with Gasteiger partial charge in [-0.3, -0.25) is 14.6 Å². The Morgan fingerprint density at radius 1 is 1.21 bits per heavy atom. The SMILES string of the molecule is Cc1cc2c(c(F)n1)-c1cccnc1[C@@H](C)C(=O)N2CC(=O)Nc1ccc2c(c1)CC(F)(F)C2. The van der Waals surface area contributed by atoms with E-state index in [2.05, 4.69) is 15.3 Å². The summed E-state index contributed by atoms with van der Waals surface area (Å²) < 4.78 is 42.5. The minimum absolute atomic E-state index is 0.110. The molecule has 1 N–H and O–H groups in total. The monoisotopic (exact) mass is 466 g/mol. The van der Waals surface area contributed by atoms with Crippen LogP contribution in [0.1, 0.15) is 35.4 Å². The Morgan fingerprint density at radius 2 is 1.97 bits per heavy atom. The average Bonchev–Trinajstić information content (AvgIpc) is 3.05. The van der Waals surface area contributed by atoms with Crippen LogP contribution in [-0.2, 0) is 22.4 Å². The molecule has 0 spiro atoms. The maximum atomic E-state index is 15.1. The van der Waals surface area contributed by atoms with Gasteiger partial charge in [-0.15, -0.1) is 0 Å². The summed E-state index contributed by atoms with van der Waals surface area (Å²) in [5, 5.41) is 2.68. The number of aromatic nitrogens is 2. The van der Waals surface area contributed by atoms with E-state index in [1.807, 2.05) is 0 Å². The number of anilines is 2. The minimum Gasteiger partial charge on any atom is -0.325 e. The Morgan fingerprint density at radius 3 is 2.76 bits per heavy atom. The minimum atomic E-state index is -2.79. The Kier molecular flexibility index (Phi) is 5.15. The fourth-order valence-electron chi connectivity index (χ4n) is 4.69. The molecule has 0 saturated carbocycles. The summed E-state index contributed by atoms with van der Waals surface area (Å²) >= 11 is 0. The van der Waals surface area contributed by atoms with Crippen LogP contribution in [0.15, 0.2) is 42.6 Å². The summed E-state index contributed by atoms with van der Waals surface area (Å²) in [6.45, 7) is 2.87. The summed E-state index contributed by atoms with van der Waals surface area (Å²) in [4.78, 5) is 35.8. The van der Waals surface area contributed by atoms with Gasteiger partial charge >= 0.3 is 0 Å². The molecule has 174 valence electrons. The van der Waals surface area contributed by atoms with Crippen molar-refractivity contribution in [2.45, 2.75) is 38.5 Å².